The molecular formula is C20H29NO2. The van der Waals surface area contributed by atoms with E-state index in [0.717, 1.165) is 24.9 Å². The molecule has 1 aliphatic carbocycles. The zero-order valence-corrected chi connectivity index (χ0v) is 14.0. The summed E-state index contributed by atoms with van der Waals surface area (Å²) in [7, 11) is 0. The van der Waals surface area contributed by atoms with Crippen molar-refractivity contribution in [2.24, 2.45) is 11.8 Å². The monoisotopic (exact) mass is 315 g/mol. The molecule has 23 heavy (non-hydrogen) atoms. The number of nitrogens with zero attached hydrogens (tertiary/aromatic N) is 1. The number of fused-ring (bicyclic) bond motifs is 3. The lowest BCUT2D eigenvalue weighted by molar-refractivity contribution is -0.143. The molecule has 0 unspecified atom stereocenters. The molecule has 5 rings (SSSR count). The summed E-state index contributed by atoms with van der Waals surface area (Å²) >= 11 is 0. The average Bonchev–Trinajstić information content (AvgIpc) is 3.17. The molecule has 4 aliphatic rings. The third kappa shape index (κ3) is 3.07. The predicted molar refractivity (Wildman–Crippen MR) is 91.2 cm³/mol. The maximum atomic E-state index is 11.5. The van der Waals surface area contributed by atoms with Gasteiger partial charge in [-0.05, 0) is 56.2 Å². The van der Waals surface area contributed by atoms with Gasteiger partial charge in [0.15, 0.2) is 0 Å². The second-order valence-electron chi connectivity index (χ2n) is 7.76. The topological polar surface area (TPSA) is 32.7 Å². The number of aliphatic hydroxyl groups is 1. The summed E-state index contributed by atoms with van der Waals surface area (Å²) in [5, 5.41) is 11.5. The Morgan fingerprint density at radius 1 is 1.04 bits per heavy atom. The Labute approximate surface area is 139 Å². The molecule has 3 saturated heterocycles. The lowest BCUT2D eigenvalue weighted by Gasteiger charge is -2.46. The van der Waals surface area contributed by atoms with Crippen LogP contribution in [0.3, 0.4) is 0 Å². The first kappa shape index (κ1) is 15.6. The molecular weight excluding hydrogens is 286 g/mol. The molecule has 1 N–H and O–H groups in total. The third-order valence-electron chi connectivity index (χ3n) is 6.42. The third-order valence-corrected chi connectivity index (χ3v) is 6.42. The molecule has 2 atom stereocenters. The Morgan fingerprint density at radius 3 is 2.35 bits per heavy atom. The van der Waals surface area contributed by atoms with Crippen molar-refractivity contribution in [2.45, 2.75) is 50.2 Å². The Morgan fingerprint density at radius 2 is 1.74 bits per heavy atom. The highest BCUT2D eigenvalue weighted by atomic mass is 16.5. The highest BCUT2D eigenvalue weighted by molar-refractivity contribution is 5.24. The second kappa shape index (κ2) is 6.54. The Hall–Kier alpha value is -0.900. The molecule has 3 heteroatoms. The van der Waals surface area contributed by atoms with Crippen molar-refractivity contribution in [2.75, 3.05) is 26.2 Å². The second-order valence-corrected chi connectivity index (χ2v) is 7.76. The van der Waals surface area contributed by atoms with Gasteiger partial charge in [-0.1, -0.05) is 43.2 Å². The maximum Gasteiger partial charge on any atom is 0.116 e. The van der Waals surface area contributed by atoms with E-state index in [1.165, 1.54) is 38.8 Å². The van der Waals surface area contributed by atoms with Crippen molar-refractivity contribution in [3.8, 4) is 0 Å². The van der Waals surface area contributed by atoms with Crippen LogP contribution in [0.1, 0.15) is 44.1 Å². The van der Waals surface area contributed by atoms with Crippen LogP contribution in [0.5, 0.6) is 0 Å². The van der Waals surface area contributed by atoms with Gasteiger partial charge in [0.05, 0.1) is 12.7 Å². The molecule has 126 valence electrons. The molecule has 3 aliphatic heterocycles. The van der Waals surface area contributed by atoms with E-state index in [1.807, 2.05) is 18.2 Å². The van der Waals surface area contributed by atoms with E-state index in [1.54, 1.807) is 0 Å². The first-order valence-electron chi connectivity index (χ1n) is 9.37. The smallest absolute Gasteiger partial charge is 0.116 e. The molecule has 2 bridgehead atoms. The van der Waals surface area contributed by atoms with Crippen molar-refractivity contribution in [3.63, 3.8) is 0 Å². The zero-order chi connectivity index (χ0) is 15.7. The van der Waals surface area contributed by atoms with Crippen LogP contribution in [0.4, 0.5) is 0 Å². The van der Waals surface area contributed by atoms with E-state index in [-0.39, 0.29) is 0 Å². The summed E-state index contributed by atoms with van der Waals surface area (Å²) in [6.45, 7) is 3.98. The van der Waals surface area contributed by atoms with Crippen molar-refractivity contribution < 1.29 is 9.84 Å². The summed E-state index contributed by atoms with van der Waals surface area (Å²) in [6.07, 6.45) is 7.55. The summed E-state index contributed by atoms with van der Waals surface area (Å²) in [5.41, 5.74) is 0.220. The average molecular weight is 315 g/mol. The summed E-state index contributed by atoms with van der Waals surface area (Å²) in [4.78, 5) is 2.52. The molecule has 1 aromatic rings. The molecule has 0 spiro atoms. The van der Waals surface area contributed by atoms with Gasteiger partial charge in [0.1, 0.15) is 5.60 Å². The standard InChI is InChI=1S/C20H29NO2/c22-20(18-8-4-5-9-18,17-6-2-1-3-7-17)15-23-19-14-21-12-10-16(19)11-13-21/h1-3,6-7,16,18-19,22H,4-5,8-15H2/t19-,20+/m1/s1. The van der Waals surface area contributed by atoms with Crippen LogP contribution in [0.25, 0.3) is 0 Å². The van der Waals surface area contributed by atoms with Crippen molar-refractivity contribution >= 4 is 0 Å². The van der Waals surface area contributed by atoms with Crippen molar-refractivity contribution in [1.82, 2.24) is 4.90 Å². The minimum absolute atomic E-state index is 0.314. The summed E-state index contributed by atoms with van der Waals surface area (Å²) < 4.78 is 6.36. The Bertz CT molecular complexity index is 506. The highest BCUT2D eigenvalue weighted by Crippen LogP contribution is 2.41. The van der Waals surface area contributed by atoms with Gasteiger partial charge >= 0.3 is 0 Å². The largest absolute Gasteiger partial charge is 0.382 e. The lowest BCUT2D eigenvalue weighted by Crippen LogP contribution is -2.53. The van der Waals surface area contributed by atoms with E-state index in [9.17, 15) is 5.11 Å². The number of hydrogen-bond acceptors (Lipinski definition) is 3. The number of hydrogen-bond donors (Lipinski definition) is 1. The van der Waals surface area contributed by atoms with Crippen LogP contribution in [0.15, 0.2) is 30.3 Å². The highest BCUT2D eigenvalue weighted by Gasteiger charge is 2.42. The molecule has 4 fully saturated rings. The fourth-order valence-corrected chi connectivity index (χ4v) is 4.90. The van der Waals surface area contributed by atoms with Crippen LogP contribution in [-0.4, -0.2) is 42.4 Å². The van der Waals surface area contributed by atoms with Crippen LogP contribution in [-0.2, 0) is 10.3 Å². The minimum atomic E-state index is -0.816. The van der Waals surface area contributed by atoms with Gasteiger partial charge in [0.25, 0.3) is 0 Å². The van der Waals surface area contributed by atoms with E-state index < -0.39 is 5.60 Å². The minimum Gasteiger partial charge on any atom is -0.382 e. The zero-order valence-electron chi connectivity index (χ0n) is 14.0. The van der Waals surface area contributed by atoms with E-state index >= 15 is 0 Å². The summed E-state index contributed by atoms with van der Waals surface area (Å²) in [6, 6.07) is 10.2. The maximum absolute atomic E-state index is 11.5. The van der Waals surface area contributed by atoms with Crippen LogP contribution in [0.2, 0.25) is 0 Å². The fraction of sp³-hybridized carbons (Fsp3) is 0.700. The van der Waals surface area contributed by atoms with Gasteiger partial charge in [-0.3, -0.25) is 0 Å². The predicted octanol–water partition coefficient (Wildman–Crippen LogP) is 3.18. The normalized spacial score (nSPS) is 33.7. The molecule has 3 nitrogen and oxygen atoms in total. The van der Waals surface area contributed by atoms with Gasteiger partial charge in [0, 0.05) is 6.54 Å². The lowest BCUT2D eigenvalue weighted by atomic mass is 9.80. The quantitative estimate of drug-likeness (QED) is 0.906. The first-order chi connectivity index (χ1) is 11.3. The van der Waals surface area contributed by atoms with Crippen molar-refractivity contribution in [1.29, 1.82) is 0 Å². The Balaban J connectivity index is 1.49. The number of ether oxygens (including phenoxy) is 1. The summed E-state index contributed by atoms with van der Waals surface area (Å²) in [5.74, 6) is 1.04. The SMILES string of the molecule is O[C@@](CO[C@@H]1CN2CCC1CC2)(c1ccccc1)C1CCCC1. The number of benzene rings is 1. The van der Waals surface area contributed by atoms with Crippen LogP contribution in [0, 0.1) is 11.8 Å². The van der Waals surface area contributed by atoms with Gasteiger partial charge in [0.2, 0.25) is 0 Å². The molecule has 0 amide bonds. The van der Waals surface area contributed by atoms with E-state index in [0.29, 0.717) is 24.5 Å². The fourth-order valence-electron chi connectivity index (χ4n) is 4.90. The van der Waals surface area contributed by atoms with Gasteiger partial charge in [-0.25, -0.2) is 0 Å². The molecule has 0 aromatic heterocycles. The molecule has 3 heterocycles. The van der Waals surface area contributed by atoms with E-state index in [4.69, 9.17) is 4.74 Å². The molecule has 1 saturated carbocycles. The molecule has 0 radical (unpaired) electrons. The van der Waals surface area contributed by atoms with Crippen molar-refractivity contribution in [3.05, 3.63) is 35.9 Å². The Kier molecular flexibility index (Phi) is 4.44. The van der Waals surface area contributed by atoms with Crippen LogP contribution < -0.4 is 0 Å². The number of rotatable bonds is 5. The molecule has 1 aromatic carbocycles. The first-order valence-corrected chi connectivity index (χ1v) is 9.37. The van der Waals surface area contributed by atoms with Crippen LogP contribution >= 0.6 is 0 Å². The number of piperidine rings is 3. The van der Waals surface area contributed by atoms with E-state index in [2.05, 4.69) is 17.0 Å². The van der Waals surface area contributed by atoms with Gasteiger partial charge < -0.3 is 14.7 Å². The van der Waals surface area contributed by atoms with Gasteiger partial charge in [-0.15, -0.1) is 0 Å². The van der Waals surface area contributed by atoms with Gasteiger partial charge in [-0.2, -0.15) is 0 Å².